The zero-order chi connectivity index (χ0) is 18.9. The largest absolute Gasteiger partial charge is 0.506 e. The summed E-state index contributed by atoms with van der Waals surface area (Å²) in [6.07, 6.45) is 3.90. The number of aryl methyl sites for hydroxylation is 1. The van der Waals surface area contributed by atoms with Crippen molar-refractivity contribution in [1.29, 1.82) is 0 Å². The zero-order valence-corrected chi connectivity index (χ0v) is 15.2. The summed E-state index contributed by atoms with van der Waals surface area (Å²) in [7, 11) is 0. The van der Waals surface area contributed by atoms with Gasteiger partial charge in [0.1, 0.15) is 5.75 Å². The van der Waals surface area contributed by atoms with E-state index in [1.165, 1.54) is 11.1 Å². The van der Waals surface area contributed by atoms with Gasteiger partial charge in [-0.3, -0.25) is 0 Å². The number of carbonyl (C=O) groups excluding carboxylic acids is 1. The number of primary amides is 1. The second-order valence-corrected chi connectivity index (χ2v) is 6.37. The standard InChI is InChI=1S/C20H28N4O2/c1-2-3-16-13-17(21)6-5-15(16)9-11-23-10-8-14-4-7-19(25)18(12-14)24-20(22)26/h4-7,12-13,23,25H,2-3,8-11,21H2,1H3,(H3,22,24,26). The van der Waals surface area contributed by atoms with Crippen molar-refractivity contribution >= 4 is 17.4 Å². The van der Waals surface area contributed by atoms with Gasteiger partial charge in [0, 0.05) is 5.69 Å². The predicted octanol–water partition coefficient (Wildman–Crippen LogP) is 2.79. The fraction of sp³-hybridized carbons (Fsp3) is 0.350. The van der Waals surface area contributed by atoms with Crippen LogP contribution in [0, 0.1) is 0 Å². The third kappa shape index (κ3) is 5.97. The molecule has 0 saturated carbocycles. The first-order valence-electron chi connectivity index (χ1n) is 8.96. The lowest BCUT2D eigenvalue weighted by molar-refractivity contribution is 0.259. The van der Waals surface area contributed by atoms with E-state index in [9.17, 15) is 9.90 Å². The van der Waals surface area contributed by atoms with Crippen LogP contribution in [0.1, 0.15) is 30.0 Å². The van der Waals surface area contributed by atoms with Crippen molar-refractivity contribution in [2.24, 2.45) is 5.73 Å². The van der Waals surface area contributed by atoms with Crippen LogP contribution < -0.4 is 22.1 Å². The average Bonchev–Trinajstić information content (AvgIpc) is 2.59. The van der Waals surface area contributed by atoms with E-state index in [1.807, 2.05) is 12.1 Å². The van der Waals surface area contributed by atoms with Crippen LogP contribution in [0.3, 0.4) is 0 Å². The molecule has 6 nitrogen and oxygen atoms in total. The Morgan fingerprint density at radius 2 is 1.81 bits per heavy atom. The smallest absolute Gasteiger partial charge is 0.316 e. The Morgan fingerprint density at radius 1 is 1.04 bits per heavy atom. The van der Waals surface area contributed by atoms with Crippen LogP contribution in [0.4, 0.5) is 16.2 Å². The van der Waals surface area contributed by atoms with Crippen molar-refractivity contribution in [1.82, 2.24) is 5.32 Å². The maximum Gasteiger partial charge on any atom is 0.316 e. The number of nitrogen functional groups attached to an aromatic ring is 1. The second-order valence-electron chi connectivity index (χ2n) is 6.37. The number of hydrogen-bond donors (Lipinski definition) is 5. The monoisotopic (exact) mass is 356 g/mol. The molecular formula is C20H28N4O2. The maximum absolute atomic E-state index is 10.9. The molecular weight excluding hydrogens is 328 g/mol. The van der Waals surface area contributed by atoms with Crippen molar-refractivity contribution in [3.63, 3.8) is 0 Å². The number of anilines is 2. The Labute approximate surface area is 154 Å². The van der Waals surface area contributed by atoms with Crippen molar-refractivity contribution in [2.75, 3.05) is 24.1 Å². The summed E-state index contributed by atoms with van der Waals surface area (Å²) in [4.78, 5) is 10.9. The van der Waals surface area contributed by atoms with Gasteiger partial charge in [0.2, 0.25) is 0 Å². The Hall–Kier alpha value is -2.73. The summed E-state index contributed by atoms with van der Waals surface area (Å²) in [5, 5.41) is 15.6. The molecule has 0 spiro atoms. The lowest BCUT2D eigenvalue weighted by Gasteiger charge is -2.11. The van der Waals surface area contributed by atoms with Gasteiger partial charge in [-0.05, 0) is 73.3 Å². The fourth-order valence-corrected chi connectivity index (χ4v) is 2.94. The molecule has 0 unspecified atom stereocenters. The normalized spacial score (nSPS) is 10.7. The van der Waals surface area contributed by atoms with Gasteiger partial charge in [-0.1, -0.05) is 25.5 Å². The second kappa shape index (κ2) is 9.68. The minimum Gasteiger partial charge on any atom is -0.506 e. The van der Waals surface area contributed by atoms with E-state index in [4.69, 9.17) is 11.5 Å². The van der Waals surface area contributed by atoms with Crippen LogP contribution in [-0.2, 0) is 19.3 Å². The van der Waals surface area contributed by atoms with Crippen LogP contribution in [-0.4, -0.2) is 24.2 Å². The molecule has 140 valence electrons. The molecule has 0 aliphatic rings. The molecule has 0 aliphatic heterocycles. The van der Waals surface area contributed by atoms with Crippen LogP contribution in [0.2, 0.25) is 0 Å². The Kier molecular flexibility index (Phi) is 7.29. The van der Waals surface area contributed by atoms with Gasteiger partial charge in [-0.15, -0.1) is 0 Å². The van der Waals surface area contributed by atoms with Crippen molar-refractivity contribution in [2.45, 2.75) is 32.6 Å². The number of carbonyl (C=O) groups is 1. The van der Waals surface area contributed by atoms with E-state index in [-0.39, 0.29) is 5.75 Å². The van der Waals surface area contributed by atoms with Crippen LogP contribution in [0.15, 0.2) is 36.4 Å². The molecule has 7 N–H and O–H groups in total. The maximum atomic E-state index is 10.9. The molecule has 6 heteroatoms. The summed E-state index contributed by atoms with van der Waals surface area (Å²) in [5.74, 6) is 0.00677. The highest BCUT2D eigenvalue weighted by Gasteiger charge is 2.05. The van der Waals surface area contributed by atoms with Gasteiger partial charge >= 0.3 is 6.03 Å². The summed E-state index contributed by atoms with van der Waals surface area (Å²) >= 11 is 0. The minimum atomic E-state index is -0.693. The first-order valence-corrected chi connectivity index (χ1v) is 8.96. The summed E-state index contributed by atoms with van der Waals surface area (Å²) in [6, 6.07) is 10.6. The third-order valence-electron chi connectivity index (χ3n) is 4.23. The Balaban J connectivity index is 1.82. The molecule has 2 aromatic rings. The van der Waals surface area contributed by atoms with Crippen molar-refractivity contribution < 1.29 is 9.90 Å². The van der Waals surface area contributed by atoms with Gasteiger partial charge in [0.25, 0.3) is 0 Å². The summed E-state index contributed by atoms with van der Waals surface area (Å²) < 4.78 is 0. The lowest BCUT2D eigenvalue weighted by Crippen LogP contribution is -2.21. The third-order valence-corrected chi connectivity index (χ3v) is 4.23. The van der Waals surface area contributed by atoms with E-state index in [2.05, 4.69) is 29.7 Å². The van der Waals surface area contributed by atoms with E-state index in [1.54, 1.807) is 12.1 Å². The van der Waals surface area contributed by atoms with E-state index < -0.39 is 6.03 Å². The van der Waals surface area contributed by atoms with Gasteiger partial charge in [0.15, 0.2) is 0 Å². The number of amides is 2. The highest BCUT2D eigenvalue weighted by atomic mass is 16.3. The van der Waals surface area contributed by atoms with Crippen LogP contribution in [0.25, 0.3) is 0 Å². The van der Waals surface area contributed by atoms with Crippen LogP contribution in [0.5, 0.6) is 5.75 Å². The summed E-state index contributed by atoms with van der Waals surface area (Å²) in [5.41, 5.74) is 15.8. The first-order chi connectivity index (χ1) is 12.5. The molecule has 2 aromatic carbocycles. The highest BCUT2D eigenvalue weighted by Crippen LogP contribution is 2.24. The SMILES string of the molecule is CCCc1cc(N)ccc1CCNCCc1ccc(O)c(NC(N)=O)c1. The van der Waals surface area contributed by atoms with Gasteiger partial charge < -0.3 is 27.2 Å². The first kappa shape index (κ1) is 19.6. The minimum absolute atomic E-state index is 0.00677. The van der Waals surface area contributed by atoms with E-state index >= 15 is 0 Å². The Bertz CT molecular complexity index is 747. The molecule has 0 aromatic heterocycles. The number of rotatable bonds is 9. The molecule has 0 fully saturated rings. The van der Waals surface area contributed by atoms with Gasteiger partial charge in [-0.25, -0.2) is 4.79 Å². The number of aromatic hydroxyl groups is 1. The van der Waals surface area contributed by atoms with E-state index in [0.717, 1.165) is 50.0 Å². The van der Waals surface area contributed by atoms with Crippen molar-refractivity contribution in [3.05, 3.63) is 53.1 Å². The van der Waals surface area contributed by atoms with Gasteiger partial charge in [0.05, 0.1) is 5.69 Å². The van der Waals surface area contributed by atoms with Gasteiger partial charge in [-0.2, -0.15) is 0 Å². The average molecular weight is 356 g/mol. The molecule has 0 aliphatic carbocycles. The number of nitrogens with two attached hydrogens (primary N) is 2. The Morgan fingerprint density at radius 3 is 2.54 bits per heavy atom. The number of urea groups is 1. The topological polar surface area (TPSA) is 113 Å². The molecule has 2 amide bonds. The highest BCUT2D eigenvalue weighted by molar-refractivity contribution is 5.89. The molecule has 0 bridgehead atoms. The lowest BCUT2D eigenvalue weighted by atomic mass is 10.00. The van der Waals surface area contributed by atoms with Crippen molar-refractivity contribution in [3.8, 4) is 5.75 Å². The fourth-order valence-electron chi connectivity index (χ4n) is 2.94. The quantitative estimate of drug-likeness (QED) is 0.270. The zero-order valence-electron chi connectivity index (χ0n) is 15.2. The number of phenolic OH excluding ortho intramolecular Hbond substituents is 1. The summed E-state index contributed by atoms with van der Waals surface area (Å²) in [6.45, 7) is 3.86. The molecule has 0 saturated heterocycles. The predicted molar refractivity (Wildman–Crippen MR) is 106 cm³/mol. The van der Waals surface area contributed by atoms with E-state index in [0.29, 0.717) is 5.69 Å². The molecule has 26 heavy (non-hydrogen) atoms. The molecule has 0 radical (unpaired) electrons. The number of phenols is 1. The molecule has 2 rings (SSSR count). The number of hydrogen-bond acceptors (Lipinski definition) is 4. The van der Waals surface area contributed by atoms with Crippen LogP contribution >= 0.6 is 0 Å². The molecule has 0 atom stereocenters. The number of nitrogens with one attached hydrogen (secondary N) is 2. The molecule has 0 heterocycles. The number of benzene rings is 2.